The van der Waals surface area contributed by atoms with Gasteiger partial charge in [0.15, 0.2) is 0 Å². The van der Waals surface area contributed by atoms with Crippen molar-refractivity contribution in [3.63, 3.8) is 0 Å². The van der Waals surface area contributed by atoms with E-state index < -0.39 is 56.7 Å². The van der Waals surface area contributed by atoms with Crippen LogP contribution in [0.4, 0.5) is 24.5 Å². The third kappa shape index (κ3) is 5.71. The molecule has 0 saturated heterocycles. The van der Waals surface area contributed by atoms with Crippen molar-refractivity contribution >= 4 is 87.0 Å². The summed E-state index contributed by atoms with van der Waals surface area (Å²) in [5, 5.41) is 5.42. The van der Waals surface area contributed by atoms with Crippen LogP contribution in [0.25, 0.3) is 5.83 Å². The van der Waals surface area contributed by atoms with Crippen LogP contribution in [0, 0.1) is 17.6 Å². The van der Waals surface area contributed by atoms with E-state index in [1.807, 2.05) is 0 Å². The zero-order valence-corrected chi connectivity index (χ0v) is 22.1. The number of alkyl halides is 2. The van der Waals surface area contributed by atoms with E-state index in [2.05, 4.69) is 17.2 Å². The molecule has 1 saturated carbocycles. The Bertz CT molecular complexity index is 1440. The summed E-state index contributed by atoms with van der Waals surface area (Å²) in [6.45, 7) is 3.02. The zero-order chi connectivity index (χ0) is 27.2. The maximum Gasteiger partial charge on any atom is 0.257 e. The van der Waals surface area contributed by atoms with Crippen molar-refractivity contribution in [3.05, 3.63) is 98.5 Å². The summed E-state index contributed by atoms with van der Waals surface area (Å²) in [5.41, 5.74) is -0.665. The van der Waals surface area contributed by atoms with Gasteiger partial charge in [0.25, 0.3) is 5.91 Å². The van der Waals surface area contributed by atoms with Gasteiger partial charge >= 0.3 is 0 Å². The summed E-state index contributed by atoms with van der Waals surface area (Å²) < 4.78 is 40.1. The second kappa shape index (κ2) is 10.4. The topological polar surface area (TPSA) is 58.2 Å². The molecule has 4 nitrogen and oxygen atoms in total. The first-order valence-electron chi connectivity index (χ1n) is 10.4. The third-order valence-corrected chi connectivity index (χ3v) is 7.35. The highest BCUT2D eigenvalue weighted by atomic mass is 35.5. The van der Waals surface area contributed by atoms with Crippen molar-refractivity contribution < 1.29 is 22.8 Å². The van der Waals surface area contributed by atoms with E-state index in [0.29, 0.717) is 27.7 Å². The molecule has 37 heavy (non-hydrogen) atoms. The van der Waals surface area contributed by atoms with Crippen LogP contribution in [0.1, 0.15) is 27.4 Å². The molecule has 0 aliphatic heterocycles. The molecule has 0 heterocycles. The normalized spacial score (nSPS) is 17.7. The van der Waals surface area contributed by atoms with Crippen molar-refractivity contribution in [3.8, 4) is 0 Å². The molecule has 12 heteroatoms. The van der Waals surface area contributed by atoms with Crippen molar-refractivity contribution in [2.75, 3.05) is 10.6 Å². The molecule has 3 aromatic rings. The molecule has 192 valence electrons. The largest absolute Gasteiger partial charge is 0.326 e. The molecule has 1 fully saturated rings. The first-order chi connectivity index (χ1) is 17.3. The van der Waals surface area contributed by atoms with Crippen LogP contribution >= 0.6 is 58.0 Å². The average Bonchev–Trinajstić information content (AvgIpc) is 3.37. The monoisotopic (exact) mass is 606 g/mol. The molecule has 2 N–H and O–H groups in total. The van der Waals surface area contributed by atoms with E-state index in [1.165, 1.54) is 24.3 Å². The predicted octanol–water partition coefficient (Wildman–Crippen LogP) is 8.64. The molecule has 0 unspecified atom stereocenters. The first kappa shape index (κ1) is 27.6. The Morgan fingerprint density at radius 1 is 0.892 bits per heavy atom. The number of carbonyl (C=O) groups excluding carboxylic acids is 2. The Balaban J connectivity index is 1.56. The average molecular weight is 609 g/mol. The van der Waals surface area contributed by atoms with E-state index in [-0.39, 0.29) is 16.3 Å². The standard InChI is InChI=1S/C25H14Cl5F3N2O2/c1-10(31)16-7-14(32)8-19(33)22(16)35-23(36)17-9-15(2-3-18(17)28)34-24(37)21-20(25(21,29)30)11-4-12(26)6-13(27)5-11/h2-9,20-21H,1H2,(H,34,37)(H,35,36)/t20-,21+/m0/s1. The highest BCUT2D eigenvalue weighted by molar-refractivity contribution is 6.53. The molecule has 1 aliphatic rings. The van der Waals surface area contributed by atoms with E-state index in [1.54, 1.807) is 12.1 Å². The fourth-order valence-corrected chi connectivity index (χ4v) is 5.49. The zero-order valence-electron chi connectivity index (χ0n) is 18.3. The molecular formula is C25H14Cl5F3N2O2. The van der Waals surface area contributed by atoms with E-state index >= 15 is 0 Å². The molecule has 1 aliphatic carbocycles. The number of hydrogen-bond acceptors (Lipinski definition) is 2. The molecule has 0 spiro atoms. The molecule has 3 aromatic carbocycles. The number of amides is 2. The van der Waals surface area contributed by atoms with Crippen LogP contribution in [-0.4, -0.2) is 16.1 Å². The summed E-state index contributed by atoms with van der Waals surface area (Å²) in [6, 6.07) is 9.85. The fourth-order valence-electron chi connectivity index (χ4n) is 3.91. The third-order valence-electron chi connectivity index (χ3n) is 5.64. The van der Waals surface area contributed by atoms with Gasteiger partial charge in [0, 0.05) is 33.3 Å². The van der Waals surface area contributed by atoms with E-state index in [4.69, 9.17) is 58.0 Å². The van der Waals surface area contributed by atoms with Crippen molar-refractivity contribution in [1.29, 1.82) is 0 Å². The van der Waals surface area contributed by atoms with Crippen LogP contribution in [0.5, 0.6) is 0 Å². The lowest BCUT2D eigenvalue weighted by Gasteiger charge is -2.13. The van der Waals surface area contributed by atoms with Crippen LogP contribution in [0.15, 0.2) is 55.1 Å². The molecular weight excluding hydrogens is 595 g/mol. The highest BCUT2D eigenvalue weighted by Crippen LogP contribution is 2.65. The van der Waals surface area contributed by atoms with Crippen molar-refractivity contribution in [1.82, 2.24) is 0 Å². The Morgan fingerprint density at radius 2 is 1.54 bits per heavy atom. The summed E-state index contributed by atoms with van der Waals surface area (Å²) in [6.07, 6.45) is 0. The summed E-state index contributed by atoms with van der Waals surface area (Å²) in [5.74, 6) is -6.41. The minimum absolute atomic E-state index is 0.0551. The lowest BCUT2D eigenvalue weighted by molar-refractivity contribution is -0.117. The second-order valence-electron chi connectivity index (χ2n) is 8.19. The van der Waals surface area contributed by atoms with Gasteiger partial charge in [-0.25, -0.2) is 13.2 Å². The summed E-state index contributed by atoms with van der Waals surface area (Å²) >= 11 is 31.0. The maximum absolute atomic E-state index is 14.3. The maximum atomic E-state index is 14.3. The molecule has 2 atom stereocenters. The van der Waals surface area contributed by atoms with Crippen LogP contribution < -0.4 is 10.6 Å². The Morgan fingerprint density at radius 3 is 2.16 bits per heavy atom. The van der Waals surface area contributed by atoms with Crippen molar-refractivity contribution in [2.45, 2.75) is 10.3 Å². The summed E-state index contributed by atoms with van der Waals surface area (Å²) in [7, 11) is 0. The van der Waals surface area contributed by atoms with Crippen molar-refractivity contribution in [2.24, 2.45) is 5.92 Å². The van der Waals surface area contributed by atoms with Crippen LogP contribution in [0.2, 0.25) is 15.1 Å². The fraction of sp³-hybridized carbons (Fsp3) is 0.120. The first-order valence-corrected chi connectivity index (χ1v) is 12.3. The number of carbonyl (C=O) groups is 2. The minimum Gasteiger partial charge on any atom is -0.326 e. The summed E-state index contributed by atoms with van der Waals surface area (Å²) in [4.78, 5) is 25.8. The lowest BCUT2D eigenvalue weighted by atomic mass is 10.1. The van der Waals surface area contributed by atoms with E-state index in [0.717, 1.165) is 0 Å². The van der Waals surface area contributed by atoms with Gasteiger partial charge in [0.1, 0.15) is 21.8 Å². The highest BCUT2D eigenvalue weighted by Gasteiger charge is 2.67. The smallest absolute Gasteiger partial charge is 0.257 e. The van der Waals surface area contributed by atoms with Gasteiger partial charge in [-0.15, -0.1) is 23.2 Å². The van der Waals surface area contributed by atoms with Gasteiger partial charge in [0.05, 0.1) is 22.2 Å². The predicted molar refractivity (Wildman–Crippen MR) is 142 cm³/mol. The SMILES string of the molecule is C=C(F)c1cc(F)cc(F)c1NC(=O)c1cc(NC(=O)[C@H]2[C@H](c3cc(Cl)cc(Cl)c3)C2(Cl)Cl)ccc1Cl. The number of benzene rings is 3. The van der Waals surface area contributed by atoms with Gasteiger partial charge in [-0.1, -0.05) is 41.4 Å². The van der Waals surface area contributed by atoms with E-state index in [9.17, 15) is 22.8 Å². The van der Waals surface area contributed by atoms with Gasteiger partial charge < -0.3 is 10.6 Å². The Hall–Kier alpha value is -2.42. The van der Waals surface area contributed by atoms with Crippen LogP contribution in [0.3, 0.4) is 0 Å². The second-order valence-corrected chi connectivity index (χ2v) is 10.9. The molecule has 0 radical (unpaired) electrons. The van der Waals surface area contributed by atoms with Gasteiger partial charge in [-0.3, -0.25) is 9.59 Å². The van der Waals surface area contributed by atoms with Gasteiger partial charge in [0.2, 0.25) is 5.91 Å². The Kier molecular flexibility index (Phi) is 7.75. The molecule has 0 aromatic heterocycles. The number of anilines is 2. The molecule has 0 bridgehead atoms. The molecule has 4 rings (SSSR count). The number of halogens is 8. The number of hydrogen-bond donors (Lipinski definition) is 2. The Labute approximate surface area is 234 Å². The van der Waals surface area contributed by atoms with Crippen LogP contribution in [-0.2, 0) is 4.79 Å². The molecule has 2 amide bonds. The van der Waals surface area contributed by atoms with Gasteiger partial charge in [-0.05, 0) is 48.0 Å². The number of nitrogens with one attached hydrogen (secondary N) is 2. The quantitative estimate of drug-likeness (QED) is 0.275. The lowest BCUT2D eigenvalue weighted by Crippen LogP contribution is -2.19. The minimum atomic E-state index is -1.43. The van der Waals surface area contributed by atoms with Gasteiger partial charge in [-0.2, -0.15) is 0 Å². The number of rotatable bonds is 6.